The Hall–Kier alpha value is -3.60. The fourth-order valence-corrected chi connectivity index (χ4v) is 4.01. The quantitative estimate of drug-likeness (QED) is 0.447. The van der Waals surface area contributed by atoms with Crippen molar-refractivity contribution >= 4 is 33.2 Å². The Labute approximate surface area is 188 Å². The first kappa shape index (κ1) is 21.6. The molecule has 2 heterocycles. The van der Waals surface area contributed by atoms with Gasteiger partial charge >= 0.3 is 0 Å². The second kappa shape index (κ2) is 8.87. The molecule has 1 amide bonds. The zero-order chi connectivity index (χ0) is 22.7. The fraction of sp³-hybridized carbons (Fsp3) is 0.0476. The number of nitrogens with zero attached hydrogens (tertiary/aromatic N) is 4. The highest BCUT2D eigenvalue weighted by molar-refractivity contribution is 7.89. The van der Waals surface area contributed by atoms with E-state index < -0.39 is 10.0 Å². The molecule has 0 atom stereocenters. The van der Waals surface area contributed by atoms with Crippen molar-refractivity contribution in [2.45, 2.75) is 11.3 Å². The molecule has 2 aromatic carbocycles. The first-order chi connectivity index (χ1) is 15.3. The summed E-state index contributed by atoms with van der Waals surface area (Å²) in [6.07, 6.45) is 7.85. The largest absolute Gasteiger partial charge is 0.326 e. The van der Waals surface area contributed by atoms with Crippen molar-refractivity contribution in [1.29, 1.82) is 0 Å². The summed E-state index contributed by atoms with van der Waals surface area (Å²) in [6.45, 7) is 0. The van der Waals surface area contributed by atoms with Crippen LogP contribution in [0.15, 0.2) is 78.3 Å². The molecule has 0 radical (unpaired) electrons. The average Bonchev–Trinajstić information content (AvgIpc) is 3.25. The number of benzene rings is 2. The first-order valence-corrected chi connectivity index (χ1v) is 11.3. The minimum Gasteiger partial charge on any atom is -0.326 e. The van der Waals surface area contributed by atoms with Crippen LogP contribution >= 0.6 is 11.6 Å². The molecule has 3 N–H and O–H groups in total. The molecule has 0 spiro atoms. The smallest absolute Gasteiger partial charge is 0.240 e. The van der Waals surface area contributed by atoms with Crippen LogP contribution in [0.1, 0.15) is 5.56 Å². The van der Waals surface area contributed by atoms with Crippen LogP contribution in [0.3, 0.4) is 0 Å². The summed E-state index contributed by atoms with van der Waals surface area (Å²) in [6, 6.07) is 11.4. The van der Waals surface area contributed by atoms with Gasteiger partial charge in [0.2, 0.25) is 15.9 Å². The van der Waals surface area contributed by atoms with E-state index in [9.17, 15) is 13.2 Å². The van der Waals surface area contributed by atoms with Gasteiger partial charge in [-0.05, 0) is 29.8 Å². The van der Waals surface area contributed by atoms with E-state index in [1.54, 1.807) is 55.1 Å². The van der Waals surface area contributed by atoms with Crippen molar-refractivity contribution in [3.63, 3.8) is 0 Å². The van der Waals surface area contributed by atoms with Crippen LogP contribution in [0.5, 0.6) is 0 Å². The summed E-state index contributed by atoms with van der Waals surface area (Å²) in [5.74, 6) is -0.352. The van der Waals surface area contributed by atoms with E-state index in [-0.39, 0.29) is 28.6 Å². The molecule has 0 aliphatic carbocycles. The number of nitrogens with two attached hydrogens (primary N) is 1. The van der Waals surface area contributed by atoms with Crippen molar-refractivity contribution < 1.29 is 13.2 Å². The standard InChI is InChI=1S/C21H17ClN6O3S/c22-17-4-2-1-3-14(17)9-21(29)27-16-5-6-19(20(10-16)32(23,30)31)28-13-15(11-26-28)18-12-24-7-8-25-18/h1-8,10-13H,9H2,(H,27,29)(H2,23,30,31). The van der Waals surface area contributed by atoms with E-state index in [0.29, 0.717) is 21.8 Å². The summed E-state index contributed by atoms with van der Waals surface area (Å²) in [4.78, 5) is 20.4. The lowest BCUT2D eigenvalue weighted by Crippen LogP contribution is -2.18. The molecule has 0 aliphatic rings. The van der Waals surface area contributed by atoms with E-state index in [1.807, 2.05) is 0 Å². The van der Waals surface area contributed by atoms with Gasteiger partial charge in [-0.25, -0.2) is 18.2 Å². The molecule has 9 nitrogen and oxygen atoms in total. The van der Waals surface area contributed by atoms with Crippen molar-refractivity contribution in [2.24, 2.45) is 5.14 Å². The zero-order valence-electron chi connectivity index (χ0n) is 16.5. The maximum atomic E-state index is 12.4. The van der Waals surface area contributed by atoms with Gasteiger partial charge in [-0.15, -0.1) is 0 Å². The van der Waals surface area contributed by atoms with Gasteiger partial charge in [0, 0.05) is 34.9 Å². The molecule has 162 valence electrons. The predicted octanol–water partition coefficient (Wildman–Crippen LogP) is 2.81. The summed E-state index contributed by atoms with van der Waals surface area (Å²) in [7, 11) is -4.12. The Morgan fingerprint density at radius 1 is 1.12 bits per heavy atom. The normalized spacial score (nSPS) is 11.3. The number of hydrogen-bond acceptors (Lipinski definition) is 6. The van der Waals surface area contributed by atoms with Gasteiger partial charge in [-0.3, -0.25) is 14.8 Å². The number of nitrogens with one attached hydrogen (secondary N) is 1. The van der Waals surface area contributed by atoms with Crippen molar-refractivity contribution in [1.82, 2.24) is 19.7 Å². The summed E-state index contributed by atoms with van der Waals surface area (Å²) < 4.78 is 25.9. The Morgan fingerprint density at radius 2 is 1.94 bits per heavy atom. The Morgan fingerprint density at radius 3 is 2.66 bits per heavy atom. The van der Waals surface area contributed by atoms with E-state index in [2.05, 4.69) is 20.4 Å². The second-order valence-corrected chi connectivity index (χ2v) is 8.75. The minimum atomic E-state index is -4.12. The number of anilines is 1. The molecule has 0 saturated heterocycles. The number of carbonyl (C=O) groups excluding carboxylic acids is 1. The SMILES string of the molecule is NS(=O)(=O)c1cc(NC(=O)Cc2ccccc2Cl)ccc1-n1cc(-c2cnccn2)cn1. The highest BCUT2D eigenvalue weighted by Crippen LogP contribution is 2.25. The molecule has 32 heavy (non-hydrogen) atoms. The number of hydrogen-bond donors (Lipinski definition) is 2. The third-order valence-electron chi connectivity index (χ3n) is 4.55. The Kier molecular flexibility index (Phi) is 5.99. The van der Waals surface area contributed by atoms with E-state index in [0.717, 1.165) is 0 Å². The molecule has 0 saturated carbocycles. The van der Waals surface area contributed by atoms with Crippen LogP contribution in [-0.2, 0) is 21.2 Å². The molecule has 0 unspecified atom stereocenters. The second-order valence-electron chi connectivity index (χ2n) is 6.81. The van der Waals surface area contributed by atoms with Crippen LogP contribution < -0.4 is 10.5 Å². The molecular weight excluding hydrogens is 452 g/mol. The van der Waals surface area contributed by atoms with Crippen LogP contribution in [-0.4, -0.2) is 34.1 Å². The third kappa shape index (κ3) is 4.83. The molecule has 2 aromatic heterocycles. The third-order valence-corrected chi connectivity index (χ3v) is 5.86. The number of carbonyl (C=O) groups is 1. The lowest BCUT2D eigenvalue weighted by molar-refractivity contribution is -0.115. The number of aromatic nitrogens is 4. The van der Waals surface area contributed by atoms with Gasteiger partial charge < -0.3 is 5.32 Å². The number of halogens is 1. The highest BCUT2D eigenvalue weighted by atomic mass is 35.5. The van der Waals surface area contributed by atoms with Crippen molar-refractivity contribution in [3.05, 3.63) is 84.0 Å². The van der Waals surface area contributed by atoms with E-state index in [1.165, 1.54) is 23.0 Å². The first-order valence-electron chi connectivity index (χ1n) is 9.33. The van der Waals surface area contributed by atoms with Crippen LogP contribution in [0, 0.1) is 0 Å². The molecule has 11 heteroatoms. The fourth-order valence-electron chi connectivity index (χ4n) is 3.06. The lowest BCUT2D eigenvalue weighted by atomic mass is 10.1. The molecule has 4 aromatic rings. The average molecular weight is 469 g/mol. The van der Waals surface area contributed by atoms with Crippen LogP contribution in [0.2, 0.25) is 5.02 Å². The Balaban J connectivity index is 1.62. The summed E-state index contributed by atoms with van der Waals surface area (Å²) in [5.41, 5.74) is 2.39. The molecular formula is C21H17ClN6O3S. The van der Waals surface area contributed by atoms with Gasteiger partial charge in [-0.2, -0.15) is 5.10 Å². The summed E-state index contributed by atoms with van der Waals surface area (Å²) >= 11 is 6.10. The van der Waals surface area contributed by atoms with Crippen molar-refractivity contribution in [2.75, 3.05) is 5.32 Å². The molecule has 0 fully saturated rings. The zero-order valence-corrected chi connectivity index (χ0v) is 18.1. The molecule has 4 rings (SSSR count). The van der Waals surface area contributed by atoms with Gasteiger partial charge in [0.1, 0.15) is 4.90 Å². The summed E-state index contributed by atoms with van der Waals surface area (Å²) in [5, 5.41) is 12.8. The van der Waals surface area contributed by atoms with Crippen LogP contribution in [0.4, 0.5) is 5.69 Å². The van der Waals surface area contributed by atoms with Gasteiger partial charge in [-0.1, -0.05) is 29.8 Å². The number of amides is 1. The lowest BCUT2D eigenvalue weighted by Gasteiger charge is -2.12. The van der Waals surface area contributed by atoms with E-state index in [4.69, 9.17) is 16.7 Å². The maximum absolute atomic E-state index is 12.4. The van der Waals surface area contributed by atoms with Gasteiger partial charge in [0.15, 0.2) is 0 Å². The van der Waals surface area contributed by atoms with Gasteiger partial charge in [0.05, 0.1) is 30.2 Å². The number of rotatable bonds is 6. The van der Waals surface area contributed by atoms with E-state index >= 15 is 0 Å². The van der Waals surface area contributed by atoms with Gasteiger partial charge in [0.25, 0.3) is 0 Å². The van der Waals surface area contributed by atoms with Crippen LogP contribution in [0.25, 0.3) is 16.9 Å². The Bertz CT molecular complexity index is 1390. The molecule has 0 bridgehead atoms. The topological polar surface area (TPSA) is 133 Å². The van der Waals surface area contributed by atoms with Crippen molar-refractivity contribution in [3.8, 4) is 16.9 Å². The maximum Gasteiger partial charge on any atom is 0.240 e. The highest BCUT2D eigenvalue weighted by Gasteiger charge is 2.18. The monoisotopic (exact) mass is 468 g/mol. The minimum absolute atomic E-state index is 0.0345. The molecule has 0 aliphatic heterocycles. The predicted molar refractivity (Wildman–Crippen MR) is 120 cm³/mol. The number of primary sulfonamides is 1. The number of sulfonamides is 1.